The zero-order chi connectivity index (χ0) is 19.9. The third kappa shape index (κ3) is 5.43. The number of rotatable bonds is 6. The molecule has 8 heteroatoms. The lowest BCUT2D eigenvalue weighted by atomic mass is 10.2. The minimum absolute atomic E-state index is 0.120. The van der Waals surface area contributed by atoms with E-state index in [0.717, 1.165) is 21.3 Å². The van der Waals surface area contributed by atoms with Crippen molar-refractivity contribution in [1.29, 1.82) is 0 Å². The first-order valence-corrected chi connectivity index (χ1v) is 9.47. The highest BCUT2D eigenvalue weighted by Gasteiger charge is 2.08. The monoisotopic (exact) mass is 441 g/mol. The zero-order valence-corrected chi connectivity index (χ0v) is 16.9. The van der Waals surface area contributed by atoms with Crippen LogP contribution in [0.4, 0.5) is 10.5 Å². The van der Waals surface area contributed by atoms with E-state index in [0.29, 0.717) is 12.2 Å². The number of nitrogens with one attached hydrogen (secondary N) is 3. The molecule has 3 rings (SSSR count). The molecule has 0 aliphatic carbocycles. The van der Waals surface area contributed by atoms with Crippen LogP contribution in [0.25, 0.3) is 5.69 Å². The fourth-order valence-electron chi connectivity index (χ4n) is 2.54. The predicted molar refractivity (Wildman–Crippen MR) is 111 cm³/mol. The minimum atomic E-state index is -0.421. The Morgan fingerprint density at radius 1 is 1.11 bits per heavy atom. The molecule has 0 saturated carbocycles. The maximum Gasteiger partial charge on any atom is 0.315 e. The molecule has 1 aromatic heterocycles. The number of hydrogen-bond acceptors (Lipinski definition) is 3. The Labute approximate surface area is 171 Å². The number of aromatic nitrogens is 2. The molecule has 0 aliphatic rings. The van der Waals surface area contributed by atoms with E-state index in [1.165, 1.54) is 0 Å². The molecule has 0 saturated heterocycles. The Kier molecular flexibility index (Phi) is 6.44. The summed E-state index contributed by atoms with van der Waals surface area (Å²) >= 11 is 3.38. The van der Waals surface area contributed by atoms with Gasteiger partial charge in [0.2, 0.25) is 5.91 Å². The fraction of sp³-hybridized carbons (Fsp3) is 0.150. The van der Waals surface area contributed by atoms with Crippen LogP contribution in [0.5, 0.6) is 0 Å². The number of anilines is 1. The second-order valence-corrected chi connectivity index (χ2v) is 7.09. The molecule has 3 aromatic rings. The van der Waals surface area contributed by atoms with Gasteiger partial charge < -0.3 is 16.0 Å². The van der Waals surface area contributed by atoms with Crippen molar-refractivity contribution in [1.82, 2.24) is 20.4 Å². The number of carbonyl (C=O) groups excluding carboxylic acids is 2. The molecule has 0 aliphatic heterocycles. The van der Waals surface area contributed by atoms with Crippen molar-refractivity contribution in [3.8, 4) is 5.69 Å². The number of halogens is 1. The largest absolute Gasteiger partial charge is 0.334 e. The van der Waals surface area contributed by atoms with E-state index in [4.69, 9.17) is 0 Å². The molecule has 0 radical (unpaired) electrons. The molecule has 0 bridgehead atoms. The first-order chi connectivity index (χ1) is 13.5. The molecule has 0 spiro atoms. The third-order valence-corrected chi connectivity index (χ3v) is 4.48. The first kappa shape index (κ1) is 19.6. The highest BCUT2D eigenvalue weighted by molar-refractivity contribution is 9.10. The lowest BCUT2D eigenvalue weighted by Crippen LogP contribution is -2.39. The summed E-state index contributed by atoms with van der Waals surface area (Å²) in [6, 6.07) is 14.8. The molecule has 144 valence electrons. The molecule has 28 heavy (non-hydrogen) atoms. The van der Waals surface area contributed by atoms with Gasteiger partial charge in [-0.15, -0.1) is 0 Å². The average Bonchev–Trinajstić information content (AvgIpc) is 3.17. The van der Waals surface area contributed by atoms with E-state index in [2.05, 4.69) is 37.0 Å². The van der Waals surface area contributed by atoms with Gasteiger partial charge in [0, 0.05) is 28.5 Å². The van der Waals surface area contributed by atoms with E-state index in [1.54, 1.807) is 10.9 Å². The molecule has 3 N–H and O–H groups in total. The van der Waals surface area contributed by atoms with Crippen molar-refractivity contribution >= 4 is 33.6 Å². The Bertz CT molecular complexity index is 972. The molecule has 0 unspecified atom stereocenters. The van der Waals surface area contributed by atoms with Crippen LogP contribution in [-0.4, -0.2) is 28.3 Å². The Balaban J connectivity index is 1.43. The number of benzene rings is 2. The van der Waals surface area contributed by atoms with Gasteiger partial charge in [0.1, 0.15) is 0 Å². The molecule has 1 heterocycles. The molecule has 0 atom stereocenters. The maximum atomic E-state index is 12.0. The minimum Gasteiger partial charge on any atom is -0.334 e. The topological polar surface area (TPSA) is 88.1 Å². The predicted octanol–water partition coefficient (Wildman–Crippen LogP) is 3.38. The number of nitrogens with zero attached hydrogens (tertiary/aromatic N) is 2. The average molecular weight is 442 g/mol. The molecule has 7 nitrogen and oxygen atoms in total. The lowest BCUT2D eigenvalue weighted by Gasteiger charge is -2.10. The van der Waals surface area contributed by atoms with Crippen LogP contribution < -0.4 is 16.0 Å². The SMILES string of the molecule is Cc1cc(Br)ccc1NC(=O)CNC(=O)NCc1cnn(-c2ccccc2)c1. The van der Waals surface area contributed by atoms with E-state index >= 15 is 0 Å². The van der Waals surface area contributed by atoms with Gasteiger partial charge in [0.25, 0.3) is 0 Å². The van der Waals surface area contributed by atoms with Gasteiger partial charge in [-0.1, -0.05) is 34.1 Å². The summed E-state index contributed by atoms with van der Waals surface area (Å²) in [7, 11) is 0. The molecule has 2 aromatic carbocycles. The molecule has 3 amide bonds. The van der Waals surface area contributed by atoms with Gasteiger partial charge in [0.05, 0.1) is 18.4 Å². The number of para-hydroxylation sites is 1. The van der Waals surface area contributed by atoms with Gasteiger partial charge >= 0.3 is 6.03 Å². The summed E-state index contributed by atoms with van der Waals surface area (Å²) < 4.78 is 2.68. The summed E-state index contributed by atoms with van der Waals surface area (Å²) in [6.45, 7) is 2.09. The van der Waals surface area contributed by atoms with Gasteiger partial charge in [0.15, 0.2) is 0 Å². The summed E-state index contributed by atoms with van der Waals surface area (Å²) in [6.07, 6.45) is 3.54. The van der Waals surface area contributed by atoms with Crippen LogP contribution in [0.3, 0.4) is 0 Å². The lowest BCUT2D eigenvalue weighted by molar-refractivity contribution is -0.115. The van der Waals surface area contributed by atoms with Crippen LogP contribution in [0.2, 0.25) is 0 Å². The molecular formula is C20H20BrN5O2. The van der Waals surface area contributed by atoms with E-state index < -0.39 is 6.03 Å². The summed E-state index contributed by atoms with van der Waals surface area (Å²) in [5.74, 6) is -0.294. The Morgan fingerprint density at radius 3 is 2.64 bits per heavy atom. The normalized spacial score (nSPS) is 10.4. The van der Waals surface area contributed by atoms with Crippen LogP contribution in [0, 0.1) is 6.92 Å². The maximum absolute atomic E-state index is 12.0. The molecule has 0 fully saturated rings. The Hall–Kier alpha value is -3.13. The van der Waals surface area contributed by atoms with Crippen molar-refractivity contribution in [2.75, 3.05) is 11.9 Å². The van der Waals surface area contributed by atoms with Crippen LogP contribution in [0.15, 0.2) is 65.4 Å². The number of aryl methyl sites for hydroxylation is 1. The first-order valence-electron chi connectivity index (χ1n) is 8.68. The van der Waals surface area contributed by atoms with E-state index in [9.17, 15) is 9.59 Å². The molecular weight excluding hydrogens is 422 g/mol. The second kappa shape index (κ2) is 9.18. The Morgan fingerprint density at radius 2 is 1.89 bits per heavy atom. The quantitative estimate of drug-likeness (QED) is 0.547. The standard InChI is InChI=1S/C20H20BrN5O2/c1-14-9-16(21)7-8-18(14)25-19(27)12-23-20(28)22-10-15-11-24-26(13-15)17-5-3-2-4-6-17/h2-9,11,13H,10,12H2,1H3,(H,25,27)(H2,22,23,28). The van der Waals surface area contributed by atoms with Crippen molar-refractivity contribution in [2.24, 2.45) is 0 Å². The van der Waals surface area contributed by atoms with Crippen LogP contribution >= 0.6 is 15.9 Å². The highest BCUT2D eigenvalue weighted by atomic mass is 79.9. The van der Waals surface area contributed by atoms with Gasteiger partial charge in [-0.2, -0.15) is 5.10 Å². The summed E-state index contributed by atoms with van der Waals surface area (Å²) in [5.41, 5.74) is 3.44. The fourth-order valence-corrected chi connectivity index (χ4v) is 3.02. The number of hydrogen-bond donors (Lipinski definition) is 3. The third-order valence-electron chi connectivity index (χ3n) is 3.98. The van der Waals surface area contributed by atoms with Crippen molar-refractivity contribution in [3.05, 3.63) is 76.5 Å². The van der Waals surface area contributed by atoms with E-state index in [-0.39, 0.29) is 12.5 Å². The zero-order valence-electron chi connectivity index (χ0n) is 15.3. The number of urea groups is 1. The van der Waals surface area contributed by atoms with Crippen LogP contribution in [-0.2, 0) is 11.3 Å². The van der Waals surface area contributed by atoms with Gasteiger partial charge in [-0.25, -0.2) is 9.48 Å². The van der Waals surface area contributed by atoms with Gasteiger partial charge in [-0.3, -0.25) is 4.79 Å². The smallest absolute Gasteiger partial charge is 0.315 e. The van der Waals surface area contributed by atoms with Gasteiger partial charge in [-0.05, 0) is 42.8 Å². The van der Waals surface area contributed by atoms with E-state index in [1.807, 2.05) is 61.7 Å². The second-order valence-electron chi connectivity index (χ2n) is 6.17. The van der Waals surface area contributed by atoms with Crippen molar-refractivity contribution in [2.45, 2.75) is 13.5 Å². The number of amides is 3. The summed E-state index contributed by atoms with van der Waals surface area (Å²) in [5, 5.41) is 12.3. The summed E-state index contributed by atoms with van der Waals surface area (Å²) in [4.78, 5) is 23.9. The van der Waals surface area contributed by atoms with Crippen molar-refractivity contribution in [3.63, 3.8) is 0 Å². The van der Waals surface area contributed by atoms with Crippen molar-refractivity contribution < 1.29 is 9.59 Å². The number of carbonyl (C=O) groups is 2. The van der Waals surface area contributed by atoms with Crippen LogP contribution in [0.1, 0.15) is 11.1 Å². The highest BCUT2D eigenvalue weighted by Crippen LogP contribution is 2.19.